The van der Waals surface area contributed by atoms with Crippen LogP contribution in [0, 0.1) is 11.7 Å². The molecule has 0 radical (unpaired) electrons. The summed E-state index contributed by atoms with van der Waals surface area (Å²) < 4.78 is 24.7. The minimum absolute atomic E-state index is 0.151. The van der Waals surface area contributed by atoms with Crippen LogP contribution < -0.4 is 0 Å². The molecule has 2 saturated heterocycles. The Kier molecular flexibility index (Phi) is 4.02. The van der Waals surface area contributed by atoms with Gasteiger partial charge in [-0.05, 0) is 18.1 Å². The molecule has 0 aliphatic carbocycles. The predicted octanol–water partition coefficient (Wildman–Crippen LogP) is 2.36. The van der Waals surface area contributed by atoms with Crippen molar-refractivity contribution in [3.8, 4) is 0 Å². The van der Waals surface area contributed by atoms with Gasteiger partial charge >= 0.3 is 0 Å². The monoisotopic (exact) mass is 332 g/mol. The summed E-state index contributed by atoms with van der Waals surface area (Å²) in [5, 5.41) is 0.621. The molecule has 1 aromatic carbocycles. The number of halogens is 1. The zero-order valence-electron chi connectivity index (χ0n) is 13.7. The molecule has 2 aliphatic heterocycles. The van der Waals surface area contributed by atoms with E-state index in [4.69, 9.17) is 9.15 Å². The van der Waals surface area contributed by atoms with E-state index in [2.05, 4.69) is 11.8 Å². The molecule has 0 N–H and O–H groups in total. The highest BCUT2D eigenvalue weighted by atomic mass is 19.1. The molecule has 3 heterocycles. The number of likely N-dealkylation sites (tertiary alicyclic amines) is 1. The van der Waals surface area contributed by atoms with E-state index < -0.39 is 5.82 Å². The topological polar surface area (TPSA) is 45.9 Å². The van der Waals surface area contributed by atoms with E-state index in [1.54, 1.807) is 18.2 Å². The van der Waals surface area contributed by atoms with Gasteiger partial charge in [0.2, 0.25) is 0 Å². The maximum absolute atomic E-state index is 13.8. The average Bonchev–Trinajstić information content (AvgIpc) is 3.20. The number of hydrogen-bond donors (Lipinski definition) is 0. The molecule has 2 fully saturated rings. The molecule has 128 valence electrons. The summed E-state index contributed by atoms with van der Waals surface area (Å²) >= 11 is 0. The normalized spacial score (nSPS) is 25.5. The van der Waals surface area contributed by atoms with Crippen molar-refractivity contribution in [1.29, 1.82) is 0 Å². The van der Waals surface area contributed by atoms with Gasteiger partial charge < -0.3 is 14.1 Å². The maximum Gasteiger partial charge on any atom is 0.289 e. The second-order valence-electron chi connectivity index (χ2n) is 6.67. The smallest absolute Gasteiger partial charge is 0.289 e. The number of benzene rings is 1. The molecule has 2 aromatic rings. The Morgan fingerprint density at radius 3 is 2.79 bits per heavy atom. The number of rotatable bonds is 2. The standard InChI is InChI=1S/C18H21FN2O3/c1-12-10-21(11-15(12)20-5-7-23-8-6-20)18(22)16-9-13-3-2-4-14(19)17(13)24-16/h2-4,9,12,15H,5-8,10-11H2,1H3/t12-,15+/m1/s1. The molecule has 5 nitrogen and oxygen atoms in total. The summed E-state index contributed by atoms with van der Waals surface area (Å²) in [4.78, 5) is 17.0. The van der Waals surface area contributed by atoms with Gasteiger partial charge in [0.05, 0.1) is 13.2 Å². The van der Waals surface area contributed by atoms with Crippen molar-refractivity contribution in [1.82, 2.24) is 9.80 Å². The predicted molar refractivity (Wildman–Crippen MR) is 87.4 cm³/mol. The van der Waals surface area contributed by atoms with Gasteiger partial charge in [-0.25, -0.2) is 4.39 Å². The maximum atomic E-state index is 13.8. The van der Waals surface area contributed by atoms with Gasteiger partial charge in [-0.1, -0.05) is 19.1 Å². The highest BCUT2D eigenvalue weighted by molar-refractivity contribution is 5.96. The fourth-order valence-corrected chi connectivity index (χ4v) is 3.79. The van der Waals surface area contributed by atoms with Gasteiger partial charge in [0.15, 0.2) is 17.2 Å². The molecule has 0 saturated carbocycles. The average molecular weight is 332 g/mol. The molecule has 1 aromatic heterocycles. The molecule has 24 heavy (non-hydrogen) atoms. The van der Waals surface area contributed by atoms with Crippen molar-refractivity contribution >= 4 is 16.9 Å². The van der Waals surface area contributed by atoms with Crippen LogP contribution in [0.15, 0.2) is 28.7 Å². The molecule has 6 heteroatoms. The first-order valence-corrected chi connectivity index (χ1v) is 8.42. The Balaban J connectivity index is 1.52. The zero-order chi connectivity index (χ0) is 16.7. The largest absolute Gasteiger partial charge is 0.448 e. The number of para-hydroxylation sites is 1. The van der Waals surface area contributed by atoms with E-state index in [-0.39, 0.29) is 17.3 Å². The molecule has 2 aliphatic rings. The summed E-state index contributed by atoms with van der Waals surface area (Å²) in [6, 6.07) is 6.69. The number of morpholine rings is 1. The van der Waals surface area contributed by atoms with E-state index in [1.807, 2.05) is 4.90 Å². The van der Waals surface area contributed by atoms with Gasteiger partial charge in [-0.2, -0.15) is 0 Å². The lowest BCUT2D eigenvalue weighted by atomic mass is 10.0. The number of furan rings is 1. The van der Waals surface area contributed by atoms with Crippen LogP contribution in [0.3, 0.4) is 0 Å². The second-order valence-corrected chi connectivity index (χ2v) is 6.67. The SMILES string of the molecule is C[C@@H]1CN(C(=O)c2cc3cccc(F)c3o2)C[C@@H]1N1CCOCC1. The van der Waals surface area contributed by atoms with Crippen LogP contribution in [0.1, 0.15) is 17.5 Å². The third-order valence-electron chi connectivity index (χ3n) is 5.08. The first-order valence-electron chi connectivity index (χ1n) is 8.42. The minimum Gasteiger partial charge on any atom is -0.448 e. The van der Waals surface area contributed by atoms with E-state index in [0.717, 1.165) is 26.3 Å². The number of hydrogen-bond acceptors (Lipinski definition) is 4. The first-order chi connectivity index (χ1) is 11.6. The molecular weight excluding hydrogens is 311 g/mol. The van der Waals surface area contributed by atoms with E-state index in [1.165, 1.54) is 6.07 Å². The first kappa shape index (κ1) is 15.6. The van der Waals surface area contributed by atoms with Crippen LogP contribution >= 0.6 is 0 Å². The van der Waals surface area contributed by atoms with Crippen molar-refractivity contribution in [2.24, 2.45) is 5.92 Å². The van der Waals surface area contributed by atoms with Gasteiger partial charge in [-0.15, -0.1) is 0 Å². The number of carbonyl (C=O) groups is 1. The number of ether oxygens (including phenoxy) is 1. The quantitative estimate of drug-likeness (QED) is 0.847. The summed E-state index contributed by atoms with van der Waals surface area (Å²) in [7, 11) is 0. The third-order valence-corrected chi connectivity index (χ3v) is 5.08. The highest BCUT2D eigenvalue weighted by Gasteiger charge is 2.37. The molecule has 0 bridgehead atoms. The van der Waals surface area contributed by atoms with E-state index >= 15 is 0 Å². The lowest BCUT2D eigenvalue weighted by molar-refractivity contribution is 0.0119. The van der Waals surface area contributed by atoms with Crippen LogP contribution in [0.4, 0.5) is 4.39 Å². The summed E-state index contributed by atoms with van der Waals surface area (Å²) in [5.41, 5.74) is 0.151. The van der Waals surface area contributed by atoms with E-state index in [9.17, 15) is 9.18 Å². The van der Waals surface area contributed by atoms with Crippen LogP contribution in [-0.4, -0.2) is 61.1 Å². The van der Waals surface area contributed by atoms with E-state index in [0.29, 0.717) is 30.4 Å². The lowest BCUT2D eigenvalue weighted by Crippen LogP contribution is -2.47. The van der Waals surface area contributed by atoms with Crippen molar-refractivity contribution < 1.29 is 18.3 Å². The Labute approximate surface area is 140 Å². The molecule has 4 rings (SSSR count). The van der Waals surface area contributed by atoms with Gasteiger partial charge in [0.1, 0.15) is 0 Å². The Hall–Kier alpha value is -1.92. The van der Waals surface area contributed by atoms with Crippen LogP contribution in [0.2, 0.25) is 0 Å². The molecule has 0 unspecified atom stereocenters. The van der Waals surface area contributed by atoms with Crippen LogP contribution in [0.5, 0.6) is 0 Å². The molecular formula is C18H21FN2O3. The summed E-state index contributed by atoms with van der Waals surface area (Å²) in [6.45, 7) is 6.87. The summed E-state index contributed by atoms with van der Waals surface area (Å²) in [5.74, 6) is 0.0128. The molecule has 0 spiro atoms. The number of amides is 1. The fraction of sp³-hybridized carbons (Fsp3) is 0.500. The number of nitrogens with zero attached hydrogens (tertiary/aromatic N) is 2. The molecule has 1 amide bonds. The zero-order valence-corrected chi connectivity index (χ0v) is 13.7. The fourth-order valence-electron chi connectivity index (χ4n) is 3.79. The van der Waals surface area contributed by atoms with Gasteiger partial charge in [0, 0.05) is 37.6 Å². The minimum atomic E-state index is -0.437. The Morgan fingerprint density at radius 2 is 2.04 bits per heavy atom. The second kappa shape index (κ2) is 6.18. The van der Waals surface area contributed by atoms with Gasteiger partial charge in [-0.3, -0.25) is 9.69 Å². The number of carbonyl (C=O) groups excluding carboxylic acids is 1. The third kappa shape index (κ3) is 2.70. The van der Waals surface area contributed by atoms with Crippen LogP contribution in [0.25, 0.3) is 11.0 Å². The highest BCUT2D eigenvalue weighted by Crippen LogP contribution is 2.27. The molecule has 2 atom stereocenters. The summed E-state index contributed by atoms with van der Waals surface area (Å²) in [6.07, 6.45) is 0. The van der Waals surface area contributed by atoms with Crippen molar-refractivity contribution in [2.45, 2.75) is 13.0 Å². The Bertz CT molecular complexity index is 754. The van der Waals surface area contributed by atoms with Gasteiger partial charge in [0.25, 0.3) is 5.91 Å². The van der Waals surface area contributed by atoms with Crippen LogP contribution in [-0.2, 0) is 4.74 Å². The lowest BCUT2D eigenvalue weighted by Gasteiger charge is -2.33. The number of fused-ring (bicyclic) bond motifs is 1. The van der Waals surface area contributed by atoms with Crippen molar-refractivity contribution in [3.05, 3.63) is 35.8 Å². The van der Waals surface area contributed by atoms with Crippen molar-refractivity contribution in [3.63, 3.8) is 0 Å². The van der Waals surface area contributed by atoms with Crippen molar-refractivity contribution in [2.75, 3.05) is 39.4 Å². The Morgan fingerprint density at radius 1 is 1.25 bits per heavy atom.